The molecule has 0 unspecified atom stereocenters. The second-order valence-electron chi connectivity index (χ2n) is 5.38. The largest absolute Gasteiger partial charge is 0.497 e. The normalized spacial score (nSPS) is 10.4. The van der Waals surface area contributed by atoms with E-state index in [0.717, 1.165) is 5.56 Å². The number of methoxy groups -OCH3 is 2. The number of anilines is 1. The third-order valence-corrected chi connectivity index (χ3v) is 3.75. The van der Waals surface area contributed by atoms with Crippen LogP contribution in [0.2, 0.25) is 0 Å². The van der Waals surface area contributed by atoms with Crippen LogP contribution in [0.15, 0.2) is 53.1 Å². The fourth-order valence-corrected chi connectivity index (χ4v) is 2.51. The van der Waals surface area contributed by atoms with Crippen LogP contribution in [0.25, 0.3) is 11.3 Å². The molecule has 0 aliphatic rings. The zero-order valence-electron chi connectivity index (χ0n) is 14.2. The van der Waals surface area contributed by atoms with Crippen LogP contribution in [0.5, 0.6) is 11.5 Å². The van der Waals surface area contributed by atoms with Gasteiger partial charge in [0.05, 0.1) is 14.2 Å². The van der Waals surface area contributed by atoms with E-state index in [0.29, 0.717) is 34.2 Å². The molecule has 1 heterocycles. The molecule has 1 amide bonds. The van der Waals surface area contributed by atoms with E-state index >= 15 is 0 Å². The van der Waals surface area contributed by atoms with E-state index in [1.165, 1.54) is 0 Å². The molecule has 6 heteroatoms. The minimum absolute atomic E-state index is 0.312. The predicted octanol–water partition coefficient (Wildman–Crippen LogP) is 3.92. The van der Waals surface area contributed by atoms with Crippen molar-refractivity contribution in [2.45, 2.75) is 6.92 Å². The molecule has 0 spiro atoms. The van der Waals surface area contributed by atoms with Gasteiger partial charge >= 0.3 is 0 Å². The third-order valence-electron chi connectivity index (χ3n) is 3.75. The van der Waals surface area contributed by atoms with Crippen LogP contribution in [0.3, 0.4) is 0 Å². The highest BCUT2D eigenvalue weighted by atomic mass is 16.5. The van der Waals surface area contributed by atoms with Crippen molar-refractivity contribution in [3.8, 4) is 22.8 Å². The van der Waals surface area contributed by atoms with E-state index in [4.69, 9.17) is 14.0 Å². The Labute approximate surface area is 145 Å². The number of aromatic nitrogens is 1. The zero-order chi connectivity index (χ0) is 17.8. The Hall–Kier alpha value is -3.28. The molecule has 0 saturated carbocycles. The lowest BCUT2D eigenvalue weighted by molar-refractivity contribution is 0.102. The highest BCUT2D eigenvalue weighted by Crippen LogP contribution is 2.29. The van der Waals surface area contributed by atoms with E-state index in [9.17, 15) is 4.79 Å². The maximum absolute atomic E-state index is 12.8. The molecule has 128 valence electrons. The highest BCUT2D eigenvalue weighted by molar-refractivity contribution is 6.08. The van der Waals surface area contributed by atoms with E-state index in [-0.39, 0.29) is 5.91 Å². The minimum Gasteiger partial charge on any atom is -0.497 e. The number of carbonyl (C=O) groups excluding carboxylic acids is 1. The summed E-state index contributed by atoms with van der Waals surface area (Å²) in [7, 11) is 3.11. The summed E-state index contributed by atoms with van der Waals surface area (Å²) in [5.41, 5.74) is 2.27. The average Bonchev–Trinajstić information content (AvgIpc) is 3.03. The molecular formula is C19H18N2O4. The number of nitrogens with zero attached hydrogens (tertiary/aromatic N) is 1. The SMILES string of the molecule is COc1cc(NC(=O)c2c(-c3ccccc3)noc2C)cc(OC)c1. The molecule has 0 aliphatic heterocycles. The highest BCUT2D eigenvalue weighted by Gasteiger charge is 2.22. The Morgan fingerprint density at radius 1 is 1.04 bits per heavy atom. The maximum atomic E-state index is 12.8. The summed E-state index contributed by atoms with van der Waals surface area (Å²) in [6, 6.07) is 14.6. The predicted molar refractivity (Wildman–Crippen MR) is 94.2 cm³/mol. The molecule has 0 radical (unpaired) electrons. The summed E-state index contributed by atoms with van der Waals surface area (Å²) in [6.07, 6.45) is 0. The van der Waals surface area contributed by atoms with Gasteiger partial charge in [0.15, 0.2) is 0 Å². The lowest BCUT2D eigenvalue weighted by Crippen LogP contribution is -2.13. The van der Waals surface area contributed by atoms with Gasteiger partial charge in [0.25, 0.3) is 5.91 Å². The first kappa shape index (κ1) is 16.6. The van der Waals surface area contributed by atoms with Crippen LogP contribution in [0, 0.1) is 6.92 Å². The average molecular weight is 338 g/mol. The number of hydrogen-bond acceptors (Lipinski definition) is 5. The van der Waals surface area contributed by atoms with Gasteiger partial charge in [-0.2, -0.15) is 0 Å². The number of aryl methyl sites for hydroxylation is 1. The lowest BCUT2D eigenvalue weighted by atomic mass is 10.1. The Morgan fingerprint density at radius 2 is 1.68 bits per heavy atom. The van der Waals surface area contributed by atoms with E-state index in [1.54, 1.807) is 39.3 Å². The molecule has 1 N–H and O–H groups in total. The molecule has 0 bridgehead atoms. The van der Waals surface area contributed by atoms with Crippen molar-refractivity contribution >= 4 is 11.6 Å². The van der Waals surface area contributed by atoms with Crippen molar-refractivity contribution in [2.24, 2.45) is 0 Å². The standard InChI is InChI=1S/C19H18N2O4/c1-12-17(18(21-25-12)13-7-5-4-6-8-13)19(22)20-14-9-15(23-2)11-16(10-14)24-3/h4-11H,1-3H3,(H,20,22). The van der Waals surface area contributed by atoms with Crippen LogP contribution in [0.4, 0.5) is 5.69 Å². The number of carbonyl (C=O) groups is 1. The van der Waals surface area contributed by atoms with Crippen molar-refractivity contribution in [3.05, 3.63) is 59.9 Å². The van der Waals surface area contributed by atoms with Crippen LogP contribution in [-0.4, -0.2) is 25.3 Å². The third kappa shape index (κ3) is 3.47. The Kier molecular flexibility index (Phi) is 4.70. The molecular weight excluding hydrogens is 320 g/mol. The number of hydrogen-bond donors (Lipinski definition) is 1. The topological polar surface area (TPSA) is 73.6 Å². The second kappa shape index (κ2) is 7.09. The quantitative estimate of drug-likeness (QED) is 0.763. The second-order valence-corrected chi connectivity index (χ2v) is 5.38. The van der Waals surface area contributed by atoms with Crippen LogP contribution < -0.4 is 14.8 Å². The zero-order valence-corrected chi connectivity index (χ0v) is 14.2. The van der Waals surface area contributed by atoms with Gasteiger partial charge in [0.1, 0.15) is 28.5 Å². The van der Waals surface area contributed by atoms with E-state index in [1.807, 2.05) is 30.3 Å². The fourth-order valence-electron chi connectivity index (χ4n) is 2.51. The molecule has 0 atom stereocenters. The molecule has 0 aliphatic carbocycles. The Morgan fingerprint density at radius 3 is 2.28 bits per heavy atom. The van der Waals surface area contributed by atoms with Crippen LogP contribution in [0.1, 0.15) is 16.1 Å². The number of amides is 1. The summed E-state index contributed by atoms with van der Waals surface area (Å²) in [4.78, 5) is 12.8. The first-order chi connectivity index (χ1) is 12.1. The monoisotopic (exact) mass is 338 g/mol. The van der Waals surface area contributed by atoms with Gasteiger partial charge in [-0.1, -0.05) is 35.5 Å². The van der Waals surface area contributed by atoms with Crippen LogP contribution >= 0.6 is 0 Å². The molecule has 3 aromatic rings. The maximum Gasteiger partial charge on any atom is 0.261 e. The Balaban J connectivity index is 1.94. The van der Waals surface area contributed by atoms with Crippen molar-refractivity contribution in [1.82, 2.24) is 5.16 Å². The number of nitrogens with one attached hydrogen (secondary N) is 1. The summed E-state index contributed by atoms with van der Waals surface area (Å²) < 4.78 is 15.7. The minimum atomic E-state index is -0.312. The molecule has 1 aromatic heterocycles. The van der Waals surface area contributed by atoms with Crippen molar-refractivity contribution in [1.29, 1.82) is 0 Å². The van der Waals surface area contributed by atoms with Crippen molar-refractivity contribution < 1.29 is 18.8 Å². The molecule has 25 heavy (non-hydrogen) atoms. The molecule has 3 rings (SSSR count). The molecule has 2 aromatic carbocycles. The summed E-state index contributed by atoms with van der Waals surface area (Å²) in [6.45, 7) is 1.71. The van der Waals surface area contributed by atoms with Gasteiger partial charge in [-0.05, 0) is 6.92 Å². The Bertz CT molecular complexity index is 865. The summed E-state index contributed by atoms with van der Waals surface area (Å²) >= 11 is 0. The fraction of sp³-hybridized carbons (Fsp3) is 0.158. The van der Waals surface area contributed by atoms with Gasteiger partial charge in [-0.3, -0.25) is 4.79 Å². The molecule has 0 saturated heterocycles. The van der Waals surface area contributed by atoms with Crippen LogP contribution in [-0.2, 0) is 0 Å². The first-order valence-electron chi connectivity index (χ1n) is 7.68. The molecule has 0 fully saturated rings. The lowest BCUT2D eigenvalue weighted by Gasteiger charge is -2.10. The first-order valence-corrected chi connectivity index (χ1v) is 7.68. The van der Waals surface area contributed by atoms with Crippen molar-refractivity contribution in [3.63, 3.8) is 0 Å². The van der Waals surface area contributed by atoms with Gasteiger partial charge in [0, 0.05) is 29.4 Å². The smallest absolute Gasteiger partial charge is 0.261 e. The van der Waals surface area contributed by atoms with Gasteiger partial charge in [-0.15, -0.1) is 0 Å². The summed E-state index contributed by atoms with van der Waals surface area (Å²) in [5.74, 6) is 1.30. The number of rotatable bonds is 5. The van der Waals surface area contributed by atoms with Gasteiger partial charge in [-0.25, -0.2) is 0 Å². The molecule has 6 nitrogen and oxygen atoms in total. The number of benzene rings is 2. The number of ether oxygens (including phenoxy) is 2. The van der Waals surface area contributed by atoms with Crippen molar-refractivity contribution in [2.75, 3.05) is 19.5 Å². The summed E-state index contributed by atoms with van der Waals surface area (Å²) in [5, 5.41) is 6.88. The van der Waals surface area contributed by atoms with Gasteiger partial charge < -0.3 is 19.3 Å². The van der Waals surface area contributed by atoms with E-state index in [2.05, 4.69) is 10.5 Å². The van der Waals surface area contributed by atoms with E-state index < -0.39 is 0 Å². The van der Waals surface area contributed by atoms with Gasteiger partial charge in [0.2, 0.25) is 0 Å².